The summed E-state index contributed by atoms with van der Waals surface area (Å²) in [6.45, 7) is 1.86. The molecule has 1 unspecified atom stereocenters. The second-order valence-corrected chi connectivity index (χ2v) is 8.93. The SMILES string of the molecule is CC(C12CC3CC(CC(C3)C1)C2)[Si](O)(O)O. The Labute approximate surface area is 97.9 Å². The molecular formula is C12H22O3Si. The summed E-state index contributed by atoms with van der Waals surface area (Å²) in [6.07, 6.45) is 7.41. The zero-order valence-corrected chi connectivity index (χ0v) is 10.9. The average Bonchev–Trinajstić information content (AvgIpc) is 2.12. The van der Waals surface area contributed by atoms with E-state index in [1.54, 1.807) is 0 Å². The van der Waals surface area contributed by atoms with Gasteiger partial charge < -0.3 is 14.4 Å². The van der Waals surface area contributed by atoms with Gasteiger partial charge in [0.1, 0.15) is 0 Å². The largest absolute Gasteiger partial charge is 0.496 e. The molecule has 0 aromatic carbocycles. The summed E-state index contributed by atoms with van der Waals surface area (Å²) >= 11 is 0. The van der Waals surface area contributed by atoms with Crippen molar-refractivity contribution in [3.05, 3.63) is 0 Å². The van der Waals surface area contributed by atoms with Gasteiger partial charge in [-0.1, -0.05) is 6.92 Å². The first-order chi connectivity index (χ1) is 7.39. The molecule has 4 heteroatoms. The molecule has 92 valence electrons. The fourth-order valence-corrected chi connectivity index (χ4v) is 6.29. The van der Waals surface area contributed by atoms with Crippen molar-refractivity contribution in [1.29, 1.82) is 0 Å². The van der Waals surface area contributed by atoms with E-state index in [-0.39, 0.29) is 11.0 Å². The van der Waals surface area contributed by atoms with E-state index in [1.165, 1.54) is 19.3 Å². The Morgan fingerprint density at radius 1 is 0.938 bits per heavy atom. The van der Waals surface area contributed by atoms with Gasteiger partial charge in [0.2, 0.25) is 0 Å². The van der Waals surface area contributed by atoms with Crippen molar-refractivity contribution in [3.8, 4) is 0 Å². The highest BCUT2D eigenvalue weighted by Gasteiger charge is 2.58. The maximum absolute atomic E-state index is 9.60. The van der Waals surface area contributed by atoms with Crippen LogP contribution in [0.3, 0.4) is 0 Å². The van der Waals surface area contributed by atoms with Gasteiger partial charge in [-0.05, 0) is 61.7 Å². The Kier molecular flexibility index (Phi) is 2.32. The van der Waals surface area contributed by atoms with Crippen LogP contribution in [0.25, 0.3) is 0 Å². The number of hydrogen-bond acceptors (Lipinski definition) is 3. The topological polar surface area (TPSA) is 60.7 Å². The third kappa shape index (κ3) is 1.58. The van der Waals surface area contributed by atoms with Gasteiger partial charge in [0, 0.05) is 5.54 Å². The molecular weight excluding hydrogens is 220 g/mol. The minimum absolute atomic E-state index is 0.0548. The summed E-state index contributed by atoms with van der Waals surface area (Å²) in [4.78, 5) is 28.8. The Morgan fingerprint density at radius 2 is 1.31 bits per heavy atom. The molecule has 0 radical (unpaired) electrons. The van der Waals surface area contributed by atoms with Crippen molar-refractivity contribution >= 4 is 8.80 Å². The lowest BCUT2D eigenvalue weighted by Gasteiger charge is -2.59. The van der Waals surface area contributed by atoms with Crippen molar-refractivity contribution in [2.24, 2.45) is 23.2 Å². The molecule has 4 aliphatic rings. The van der Waals surface area contributed by atoms with Crippen LogP contribution in [0, 0.1) is 23.2 Å². The average molecular weight is 242 g/mol. The molecule has 3 nitrogen and oxygen atoms in total. The molecule has 4 fully saturated rings. The van der Waals surface area contributed by atoms with Crippen LogP contribution in [0.5, 0.6) is 0 Å². The van der Waals surface area contributed by atoms with Crippen LogP contribution < -0.4 is 0 Å². The van der Waals surface area contributed by atoms with Gasteiger partial charge in [0.25, 0.3) is 0 Å². The maximum Gasteiger partial charge on any atom is 0.496 e. The van der Waals surface area contributed by atoms with Crippen molar-refractivity contribution in [2.75, 3.05) is 0 Å². The van der Waals surface area contributed by atoms with Crippen LogP contribution in [0.4, 0.5) is 0 Å². The maximum atomic E-state index is 9.60. The van der Waals surface area contributed by atoms with Crippen LogP contribution in [-0.4, -0.2) is 23.2 Å². The summed E-state index contributed by atoms with van der Waals surface area (Å²) < 4.78 is 0. The van der Waals surface area contributed by atoms with Crippen molar-refractivity contribution in [3.63, 3.8) is 0 Å². The van der Waals surface area contributed by atoms with Crippen LogP contribution >= 0.6 is 0 Å². The van der Waals surface area contributed by atoms with Crippen molar-refractivity contribution in [2.45, 2.75) is 51.0 Å². The highest BCUT2D eigenvalue weighted by atomic mass is 28.4. The molecule has 0 spiro atoms. The Bertz CT molecular complexity index is 262. The predicted octanol–water partition coefficient (Wildman–Crippen LogP) is 1.51. The quantitative estimate of drug-likeness (QED) is 0.643. The van der Waals surface area contributed by atoms with E-state index in [1.807, 2.05) is 6.92 Å². The monoisotopic (exact) mass is 242 g/mol. The highest BCUT2D eigenvalue weighted by Crippen LogP contribution is 2.64. The molecule has 0 amide bonds. The molecule has 1 atom stereocenters. The second kappa shape index (κ2) is 3.31. The zero-order valence-electron chi connectivity index (χ0n) is 9.89. The third-order valence-electron chi connectivity index (χ3n) is 5.59. The molecule has 3 N–H and O–H groups in total. The van der Waals surface area contributed by atoms with Crippen LogP contribution in [0.2, 0.25) is 5.54 Å². The van der Waals surface area contributed by atoms with Crippen molar-refractivity contribution < 1.29 is 14.4 Å². The molecule has 0 aromatic heterocycles. The highest BCUT2D eigenvalue weighted by molar-refractivity contribution is 6.58. The molecule has 4 bridgehead atoms. The van der Waals surface area contributed by atoms with E-state index in [2.05, 4.69) is 0 Å². The Balaban J connectivity index is 1.88. The van der Waals surface area contributed by atoms with E-state index in [0.717, 1.165) is 37.0 Å². The number of hydrogen-bond donors (Lipinski definition) is 3. The lowest BCUT2D eigenvalue weighted by atomic mass is 9.49. The van der Waals surface area contributed by atoms with E-state index >= 15 is 0 Å². The summed E-state index contributed by atoms with van der Waals surface area (Å²) in [5.74, 6) is 2.39. The first-order valence-electron chi connectivity index (χ1n) is 6.56. The fraction of sp³-hybridized carbons (Fsp3) is 1.00. The first-order valence-corrected chi connectivity index (χ1v) is 8.48. The molecule has 4 saturated carbocycles. The summed E-state index contributed by atoms with van der Waals surface area (Å²) in [6, 6.07) is 0. The van der Waals surface area contributed by atoms with E-state index in [0.29, 0.717) is 0 Å². The zero-order chi connectivity index (χ0) is 11.6. The van der Waals surface area contributed by atoms with Gasteiger partial charge in [-0.2, -0.15) is 0 Å². The lowest BCUT2D eigenvalue weighted by Crippen LogP contribution is -2.55. The van der Waals surface area contributed by atoms with E-state index in [9.17, 15) is 14.4 Å². The van der Waals surface area contributed by atoms with Crippen LogP contribution in [-0.2, 0) is 0 Å². The second-order valence-electron chi connectivity index (χ2n) is 6.69. The predicted molar refractivity (Wildman–Crippen MR) is 62.4 cm³/mol. The standard InChI is InChI=1S/C12H22O3Si/c1-8(16(13,14)15)12-5-9-2-10(6-12)4-11(3-9)7-12/h8-11,13-15H,2-7H2,1H3. The molecule has 0 heterocycles. The van der Waals surface area contributed by atoms with Gasteiger partial charge >= 0.3 is 8.80 Å². The smallest absolute Gasteiger partial charge is 0.390 e. The molecule has 0 aromatic rings. The minimum Gasteiger partial charge on any atom is -0.390 e. The van der Waals surface area contributed by atoms with Crippen LogP contribution in [0.15, 0.2) is 0 Å². The Hall–Kier alpha value is 0.0969. The normalized spacial score (nSPS) is 48.4. The summed E-state index contributed by atoms with van der Waals surface area (Å²) in [5.41, 5.74) is -0.229. The Morgan fingerprint density at radius 3 is 1.62 bits per heavy atom. The third-order valence-corrected chi connectivity index (χ3v) is 7.36. The molecule has 0 aliphatic heterocycles. The number of rotatable bonds is 2. The van der Waals surface area contributed by atoms with Gasteiger partial charge in [0.15, 0.2) is 0 Å². The van der Waals surface area contributed by atoms with Gasteiger partial charge in [-0.15, -0.1) is 0 Å². The minimum atomic E-state index is -3.95. The molecule has 16 heavy (non-hydrogen) atoms. The molecule has 4 aliphatic carbocycles. The summed E-state index contributed by atoms with van der Waals surface area (Å²) in [7, 11) is -3.95. The molecule has 4 rings (SSSR count). The first kappa shape index (κ1) is 11.2. The van der Waals surface area contributed by atoms with Gasteiger partial charge in [-0.25, -0.2) is 0 Å². The lowest BCUT2D eigenvalue weighted by molar-refractivity contribution is -0.0643. The van der Waals surface area contributed by atoms with Gasteiger partial charge in [-0.3, -0.25) is 0 Å². The van der Waals surface area contributed by atoms with Gasteiger partial charge in [0.05, 0.1) is 0 Å². The van der Waals surface area contributed by atoms with Crippen LogP contribution in [0.1, 0.15) is 45.4 Å². The molecule has 0 saturated heterocycles. The van der Waals surface area contributed by atoms with Crippen molar-refractivity contribution in [1.82, 2.24) is 0 Å². The summed E-state index contributed by atoms with van der Waals surface area (Å²) in [5, 5.41) is 0. The van der Waals surface area contributed by atoms with E-state index < -0.39 is 8.80 Å². The van der Waals surface area contributed by atoms with E-state index in [4.69, 9.17) is 0 Å². The fourth-order valence-electron chi connectivity index (χ4n) is 5.12.